The number of hydrogen-bond donors (Lipinski definition) is 3. The van der Waals surface area contributed by atoms with E-state index in [1.807, 2.05) is 12.1 Å². The molecular weight excluding hydrogens is 330 g/mol. The molecule has 0 bridgehead atoms. The van der Waals surface area contributed by atoms with Gasteiger partial charge in [-0.05, 0) is 30.5 Å². The molecule has 0 spiro atoms. The quantitative estimate of drug-likeness (QED) is 0.632. The first-order chi connectivity index (χ1) is 12.8. The number of nitrogens with zero attached hydrogens (tertiary/aromatic N) is 4. The summed E-state index contributed by atoms with van der Waals surface area (Å²) in [7, 11) is 0. The van der Waals surface area contributed by atoms with Gasteiger partial charge in [-0.2, -0.15) is 10.1 Å². The first kappa shape index (κ1) is 16.4. The van der Waals surface area contributed by atoms with Gasteiger partial charge in [0, 0.05) is 24.4 Å². The SMILES string of the molecule is O=C(Nc1n[nH]c(CCC2CCCC2)n1)c1cc(-c2ccncc2)n[nH]1. The standard InChI is InChI=1S/C18H21N7O/c26-17(15-11-14(22-23-15)13-7-9-19-10-8-13)21-18-20-16(24-25-18)6-5-12-3-1-2-4-12/h7-12H,1-6H2,(H,22,23)(H2,20,21,24,25,26). The zero-order valence-electron chi connectivity index (χ0n) is 14.4. The summed E-state index contributed by atoms with van der Waals surface area (Å²) in [6, 6.07) is 5.37. The molecule has 3 N–H and O–H groups in total. The van der Waals surface area contributed by atoms with E-state index >= 15 is 0 Å². The summed E-state index contributed by atoms with van der Waals surface area (Å²) in [6.45, 7) is 0. The van der Waals surface area contributed by atoms with Crippen LogP contribution in [0.3, 0.4) is 0 Å². The highest BCUT2D eigenvalue weighted by molar-refractivity contribution is 6.02. The number of anilines is 1. The van der Waals surface area contributed by atoms with Crippen molar-refractivity contribution in [3.8, 4) is 11.3 Å². The second kappa shape index (κ2) is 7.47. The zero-order valence-corrected chi connectivity index (χ0v) is 14.4. The van der Waals surface area contributed by atoms with Gasteiger partial charge < -0.3 is 0 Å². The van der Waals surface area contributed by atoms with E-state index in [9.17, 15) is 4.79 Å². The van der Waals surface area contributed by atoms with Gasteiger partial charge in [-0.1, -0.05) is 25.7 Å². The number of aryl methyl sites for hydroxylation is 1. The van der Waals surface area contributed by atoms with Crippen LogP contribution in [0.25, 0.3) is 11.3 Å². The van der Waals surface area contributed by atoms with Crippen LogP contribution < -0.4 is 5.32 Å². The van der Waals surface area contributed by atoms with Crippen LogP contribution in [0.1, 0.15) is 48.4 Å². The summed E-state index contributed by atoms with van der Waals surface area (Å²) >= 11 is 0. The number of rotatable bonds is 6. The van der Waals surface area contributed by atoms with Gasteiger partial charge >= 0.3 is 0 Å². The topological polar surface area (TPSA) is 112 Å². The number of pyridine rings is 1. The number of hydrogen-bond acceptors (Lipinski definition) is 5. The fraction of sp³-hybridized carbons (Fsp3) is 0.389. The molecular formula is C18H21N7O. The van der Waals surface area contributed by atoms with Gasteiger partial charge in [0.2, 0.25) is 5.95 Å². The zero-order chi connectivity index (χ0) is 17.8. The number of aromatic amines is 2. The largest absolute Gasteiger partial charge is 0.288 e. The Morgan fingerprint density at radius 2 is 1.96 bits per heavy atom. The molecule has 0 aromatic carbocycles. The maximum Gasteiger partial charge on any atom is 0.276 e. The van der Waals surface area contributed by atoms with Crippen molar-refractivity contribution in [1.29, 1.82) is 0 Å². The number of carbonyl (C=O) groups is 1. The molecule has 0 atom stereocenters. The van der Waals surface area contributed by atoms with E-state index in [0.29, 0.717) is 11.4 Å². The molecule has 8 nitrogen and oxygen atoms in total. The van der Waals surface area contributed by atoms with Crippen molar-refractivity contribution in [1.82, 2.24) is 30.4 Å². The predicted octanol–water partition coefficient (Wildman–Crippen LogP) is 2.96. The Bertz CT molecular complexity index is 865. The molecule has 1 aliphatic carbocycles. The van der Waals surface area contributed by atoms with E-state index < -0.39 is 0 Å². The van der Waals surface area contributed by atoms with Crippen LogP contribution >= 0.6 is 0 Å². The van der Waals surface area contributed by atoms with Crippen LogP contribution in [0, 0.1) is 5.92 Å². The van der Waals surface area contributed by atoms with Gasteiger partial charge in [-0.3, -0.25) is 25.3 Å². The fourth-order valence-electron chi connectivity index (χ4n) is 3.38. The van der Waals surface area contributed by atoms with E-state index in [1.54, 1.807) is 18.5 Å². The molecule has 0 radical (unpaired) electrons. The molecule has 3 heterocycles. The van der Waals surface area contributed by atoms with Crippen molar-refractivity contribution in [2.75, 3.05) is 5.32 Å². The highest BCUT2D eigenvalue weighted by Gasteiger charge is 2.17. The highest BCUT2D eigenvalue weighted by Crippen LogP contribution is 2.28. The van der Waals surface area contributed by atoms with Gasteiger partial charge in [0.25, 0.3) is 5.91 Å². The van der Waals surface area contributed by atoms with Crippen LogP contribution in [-0.4, -0.2) is 36.3 Å². The van der Waals surface area contributed by atoms with Crippen molar-refractivity contribution < 1.29 is 4.79 Å². The van der Waals surface area contributed by atoms with E-state index in [2.05, 4.69) is 35.7 Å². The van der Waals surface area contributed by atoms with Crippen molar-refractivity contribution >= 4 is 11.9 Å². The smallest absolute Gasteiger partial charge is 0.276 e. The minimum Gasteiger partial charge on any atom is -0.288 e. The van der Waals surface area contributed by atoms with Crippen molar-refractivity contribution in [2.45, 2.75) is 38.5 Å². The van der Waals surface area contributed by atoms with E-state index in [-0.39, 0.29) is 11.9 Å². The summed E-state index contributed by atoms with van der Waals surface area (Å²) < 4.78 is 0. The predicted molar refractivity (Wildman–Crippen MR) is 96.4 cm³/mol. The molecule has 1 fully saturated rings. The molecule has 0 saturated heterocycles. The average Bonchev–Trinajstić information content (AvgIpc) is 3.42. The van der Waals surface area contributed by atoms with Crippen molar-refractivity contribution in [2.24, 2.45) is 5.92 Å². The molecule has 4 rings (SSSR count). The van der Waals surface area contributed by atoms with Crippen LogP contribution in [0.4, 0.5) is 5.95 Å². The van der Waals surface area contributed by atoms with E-state index in [0.717, 1.165) is 30.1 Å². The molecule has 8 heteroatoms. The van der Waals surface area contributed by atoms with Crippen LogP contribution in [-0.2, 0) is 6.42 Å². The Kier molecular flexibility index (Phi) is 4.72. The number of amides is 1. The lowest BCUT2D eigenvalue weighted by Crippen LogP contribution is -2.13. The Morgan fingerprint density at radius 1 is 1.15 bits per heavy atom. The number of carbonyl (C=O) groups excluding carboxylic acids is 1. The summed E-state index contributed by atoms with van der Waals surface area (Å²) in [6.07, 6.45) is 10.7. The lowest BCUT2D eigenvalue weighted by Gasteiger charge is -2.05. The van der Waals surface area contributed by atoms with Gasteiger partial charge in [0.15, 0.2) is 0 Å². The molecule has 134 valence electrons. The summed E-state index contributed by atoms with van der Waals surface area (Å²) in [5.41, 5.74) is 1.93. The summed E-state index contributed by atoms with van der Waals surface area (Å²) in [4.78, 5) is 20.7. The van der Waals surface area contributed by atoms with Gasteiger partial charge in [-0.25, -0.2) is 0 Å². The minimum atomic E-state index is -0.320. The average molecular weight is 351 g/mol. The Morgan fingerprint density at radius 3 is 2.77 bits per heavy atom. The monoisotopic (exact) mass is 351 g/mol. The molecule has 3 aromatic rings. The second-order valence-electron chi connectivity index (χ2n) is 6.65. The first-order valence-electron chi connectivity index (χ1n) is 8.96. The summed E-state index contributed by atoms with van der Waals surface area (Å²) in [5.74, 6) is 1.58. The lowest BCUT2D eigenvalue weighted by atomic mass is 10.0. The third-order valence-electron chi connectivity index (χ3n) is 4.82. The number of nitrogens with one attached hydrogen (secondary N) is 3. The minimum absolute atomic E-state index is 0.288. The molecule has 1 aliphatic rings. The van der Waals surface area contributed by atoms with Gasteiger partial charge in [-0.15, -0.1) is 5.10 Å². The molecule has 0 aliphatic heterocycles. The summed E-state index contributed by atoms with van der Waals surface area (Å²) in [5, 5.41) is 16.6. The molecule has 0 unspecified atom stereocenters. The Labute approximate surface area is 150 Å². The van der Waals surface area contributed by atoms with Crippen LogP contribution in [0.15, 0.2) is 30.6 Å². The number of aromatic nitrogens is 6. The van der Waals surface area contributed by atoms with Crippen molar-refractivity contribution in [3.05, 3.63) is 42.1 Å². The fourth-order valence-corrected chi connectivity index (χ4v) is 3.38. The lowest BCUT2D eigenvalue weighted by molar-refractivity contribution is 0.102. The van der Waals surface area contributed by atoms with E-state index in [1.165, 1.54) is 25.7 Å². The van der Waals surface area contributed by atoms with Gasteiger partial charge in [0.05, 0.1) is 5.69 Å². The van der Waals surface area contributed by atoms with Crippen LogP contribution in [0.2, 0.25) is 0 Å². The molecule has 26 heavy (non-hydrogen) atoms. The van der Waals surface area contributed by atoms with Crippen LogP contribution in [0.5, 0.6) is 0 Å². The number of H-pyrrole nitrogens is 2. The second-order valence-corrected chi connectivity index (χ2v) is 6.65. The Hall–Kier alpha value is -3.03. The molecule has 3 aromatic heterocycles. The maximum atomic E-state index is 12.3. The molecule has 1 amide bonds. The third kappa shape index (κ3) is 3.79. The van der Waals surface area contributed by atoms with Crippen molar-refractivity contribution in [3.63, 3.8) is 0 Å². The molecule has 1 saturated carbocycles. The first-order valence-corrected chi connectivity index (χ1v) is 8.96. The maximum absolute atomic E-state index is 12.3. The highest BCUT2D eigenvalue weighted by atomic mass is 16.2. The van der Waals surface area contributed by atoms with E-state index in [4.69, 9.17) is 0 Å². The Balaban J connectivity index is 1.35. The third-order valence-corrected chi connectivity index (χ3v) is 4.82. The normalized spacial score (nSPS) is 14.6. The van der Waals surface area contributed by atoms with Gasteiger partial charge in [0.1, 0.15) is 11.5 Å².